The lowest BCUT2D eigenvalue weighted by Gasteiger charge is -2.35. The maximum atomic E-state index is 5.91. The molecule has 5 rings (SSSR count). The first-order chi connectivity index (χ1) is 14.2. The molecule has 0 spiro atoms. The summed E-state index contributed by atoms with van der Waals surface area (Å²) in [6.45, 7) is 7.89. The van der Waals surface area contributed by atoms with Crippen LogP contribution in [0.1, 0.15) is 59.1 Å². The van der Waals surface area contributed by atoms with Gasteiger partial charge in [-0.05, 0) is 32.3 Å². The molecule has 2 fully saturated rings. The van der Waals surface area contributed by atoms with Crippen molar-refractivity contribution in [2.75, 3.05) is 19.8 Å². The Balaban J connectivity index is 1.38. The number of benzene rings is 1. The Morgan fingerprint density at radius 1 is 1.07 bits per heavy atom. The van der Waals surface area contributed by atoms with Gasteiger partial charge >= 0.3 is 0 Å². The fourth-order valence-electron chi connectivity index (χ4n) is 4.20. The molecule has 7 heteroatoms. The molecule has 0 unspecified atom stereocenters. The third-order valence-electron chi connectivity index (χ3n) is 5.93. The third kappa shape index (κ3) is 3.84. The molecule has 1 saturated heterocycles. The zero-order chi connectivity index (χ0) is 19.8. The number of aromatic nitrogens is 4. The number of rotatable bonds is 6. The van der Waals surface area contributed by atoms with Crippen LogP contribution in [0.15, 0.2) is 34.7 Å². The van der Waals surface area contributed by atoms with Crippen LogP contribution in [0.3, 0.4) is 0 Å². The molecule has 0 amide bonds. The van der Waals surface area contributed by atoms with Crippen molar-refractivity contribution in [3.63, 3.8) is 0 Å². The molecule has 1 aliphatic carbocycles. The second-order valence-electron chi connectivity index (χ2n) is 8.10. The Morgan fingerprint density at radius 2 is 1.90 bits per heavy atom. The van der Waals surface area contributed by atoms with Gasteiger partial charge in [-0.25, -0.2) is 0 Å². The van der Waals surface area contributed by atoms with Crippen molar-refractivity contribution < 1.29 is 9.15 Å². The van der Waals surface area contributed by atoms with E-state index in [0.717, 1.165) is 31.3 Å². The van der Waals surface area contributed by atoms with Gasteiger partial charge in [0, 0.05) is 23.7 Å². The fraction of sp³-hybridized carbons (Fsp3) is 0.500. The van der Waals surface area contributed by atoms with Gasteiger partial charge < -0.3 is 9.15 Å². The van der Waals surface area contributed by atoms with E-state index in [9.17, 15) is 0 Å². The molecule has 152 valence electrons. The van der Waals surface area contributed by atoms with Gasteiger partial charge in [-0.2, -0.15) is 5.10 Å². The van der Waals surface area contributed by atoms with Crippen molar-refractivity contribution >= 4 is 0 Å². The summed E-state index contributed by atoms with van der Waals surface area (Å²) < 4.78 is 13.9. The lowest BCUT2D eigenvalue weighted by atomic mass is 10.0. The SMILES string of the molecule is Cc1nn(Cc2ccccc2)c(C)c1[C@H]1COCCN1Cc1nnc(C2CC2)o1. The first kappa shape index (κ1) is 18.5. The summed E-state index contributed by atoms with van der Waals surface area (Å²) in [5, 5.41) is 13.4. The molecule has 0 bridgehead atoms. The Hall–Kier alpha value is -2.51. The molecule has 0 N–H and O–H groups in total. The highest BCUT2D eigenvalue weighted by molar-refractivity contribution is 5.30. The molecule has 1 aliphatic heterocycles. The summed E-state index contributed by atoms with van der Waals surface area (Å²) in [6.07, 6.45) is 2.33. The number of hydrogen-bond acceptors (Lipinski definition) is 6. The van der Waals surface area contributed by atoms with Gasteiger partial charge in [0.2, 0.25) is 11.8 Å². The minimum Gasteiger partial charge on any atom is -0.424 e. The molecule has 3 heterocycles. The van der Waals surface area contributed by atoms with Crippen LogP contribution in [0.5, 0.6) is 0 Å². The summed E-state index contributed by atoms with van der Waals surface area (Å²) in [5.41, 5.74) is 4.75. The second kappa shape index (κ2) is 7.72. The van der Waals surface area contributed by atoms with Crippen LogP contribution in [0.25, 0.3) is 0 Å². The number of hydrogen-bond donors (Lipinski definition) is 0. The fourth-order valence-corrected chi connectivity index (χ4v) is 4.20. The Kier molecular flexibility index (Phi) is 4.93. The van der Waals surface area contributed by atoms with E-state index in [1.807, 2.05) is 6.07 Å². The summed E-state index contributed by atoms with van der Waals surface area (Å²) in [4.78, 5) is 2.39. The van der Waals surface area contributed by atoms with Crippen molar-refractivity contribution in [3.05, 3.63) is 64.6 Å². The first-order valence-corrected chi connectivity index (χ1v) is 10.4. The van der Waals surface area contributed by atoms with Gasteiger partial charge in [-0.3, -0.25) is 9.58 Å². The van der Waals surface area contributed by atoms with E-state index in [1.165, 1.54) is 29.7 Å². The van der Waals surface area contributed by atoms with E-state index in [0.29, 0.717) is 25.0 Å². The van der Waals surface area contributed by atoms with E-state index < -0.39 is 0 Å². The van der Waals surface area contributed by atoms with Crippen molar-refractivity contribution in [2.45, 2.75) is 51.7 Å². The molecule has 0 radical (unpaired) electrons. The maximum absolute atomic E-state index is 5.91. The molecule has 2 aliphatic rings. The van der Waals surface area contributed by atoms with E-state index in [-0.39, 0.29) is 6.04 Å². The van der Waals surface area contributed by atoms with E-state index >= 15 is 0 Å². The largest absolute Gasteiger partial charge is 0.424 e. The van der Waals surface area contributed by atoms with Gasteiger partial charge in [0.15, 0.2) is 0 Å². The normalized spacial score (nSPS) is 20.3. The van der Waals surface area contributed by atoms with Crippen LogP contribution in [-0.4, -0.2) is 44.6 Å². The number of ether oxygens (including phenoxy) is 1. The Morgan fingerprint density at radius 3 is 2.69 bits per heavy atom. The zero-order valence-electron chi connectivity index (χ0n) is 17.0. The lowest BCUT2D eigenvalue weighted by molar-refractivity contribution is -0.0167. The standard InChI is InChI=1S/C22H27N5O2/c1-15-21(16(2)27(25-15)12-17-6-4-3-5-7-17)19-14-28-11-10-26(19)13-20-23-24-22(29-20)18-8-9-18/h3-7,18-19H,8-14H2,1-2H3/t19-/m1/s1. The average Bonchev–Trinajstić information content (AvgIpc) is 3.42. The molecule has 3 aromatic rings. The molecular formula is C22H27N5O2. The number of nitrogens with zero attached hydrogens (tertiary/aromatic N) is 5. The molecule has 1 saturated carbocycles. The quantitative estimate of drug-likeness (QED) is 0.639. The minimum atomic E-state index is 0.143. The van der Waals surface area contributed by atoms with Crippen molar-refractivity contribution in [2.24, 2.45) is 0 Å². The highest BCUT2D eigenvalue weighted by Gasteiger charge is 2.32. The van der Waals surface area contributed by atoms with Crippen LogP contribution in [0.4, 0.5) is 0 Å². The number of morpholine rings is 1. The zero-order valence-corrected chi connectivity index (χ0v) is 17.0. The molecule has 29 heavy (non-hydrogen) atoms. The average molecular weight is 393 g/mol. The smallest absolute Gasteiger partial charge is 0.230 e. The van der Waals surface area contributed by atoms with Gasteiger partial charge in [0.1, 0.15) is 0 Å². The van der Waals surface area contributed by atoms with Crippen LogP contribution < -0.4 is 0 Å². The van der Waals surface area contributed by atoms with Gasteiger partial charge in [-0.15, -0.1) is 10.2 Å². The molecule has 1 atom stereocenters. The van der Waals surface area contributed by atoms with Crippen LogP contribution in [-0.2, 0) is 17.8 Å². The Bertz CT molecular complexity index is 977. The van der Waals surface area contributed by atoms with E-state index in [2.05, 4.69) is 57.9 Å². The third-order valence-corrected chi connectivity index (χ3v) is 5.93. The predicted octanol–water partition coefficient (Wildman–Crippen LogP) is 3.38. The highest BCUT2D eigenvalue weighted by Crippen LogP contribution is 2.39. The van der Waals surface area contributed by atoms with Crippen molar-refractivity contribution in [3.8, 4) is 0 Å². The van der Waals surface area contributed by atoms with Crippen LogP contribution >= 0.6 is 0 Å². The first-order valence-electron chi connectivity index (χ1n) is 10.4. The monoisotopic (exact) mass is 393 g/mol. The summed E-state index contributed by atoms with van der Waals surface area (Å²) in [5.74, 6) is 1.98. The lowest BCUT2D eigenvalue weighted by Crippen LogP contribution is -2.39. The number of aryl methyl sites for hydroxylation is 1. The van der Waals surface area contributed by atoms with Gasteiger partial charge in [0.25, 0.3) is 0 Å². The summed E-state index contributed by atoms with van der Waals surface area (Å²) in [6, 6.07) is 10.6. The second-order valence-corrected chi connectivity index (χ2v) is 8.10. The topological polar surface area (TPSA) is 69.2 Å². The van der Waals surface area contributed by atoms with Crippen molar-refractivity contribution in [1.29, 1.82) is 0 Å². The van der Waals surface area contributed by atoms with E-state index in [4.69, 9.17) is 14.3 Å². The van der Waals surface area contributed by atoms with Gasteiger partial charge in [-0.1, -0.05) is 30.3 Å². The van der Waals surface area contributed by atoms with E-state index in [1.54, 1.807) is 0 Å². The molecule has 7 nitrogen and oxygen atoms in total. The van der Waals surface area contributed by atoms with Crippen molar-refractivity contribution in [1.82, 2.24) is 24.9 Å². The van der Waals surface area contributed by atoms with Crippen LogP contribution in [0.2, 0.25) is 0 Å². The Labute approximate surface area is 170 Å². The minimum absolute atomic E-state index is 0.143. The summed E-state index contributed by atoms with van der Waals surface area (Å²) in [7, 11) is 0. The van der Waals surface area contributed by atoms with Crippen LogP contribution in [0, 0.1) is 13.8 Å². The maximum Gasteiger partial charge on any atom is 0.230 e. The molecule has 1 aromatic carbocycles. The van der Waals surface area contributed by atoms with Gasteiger partial charge in [0.05, 0.1) is 38.0 Å². The molecular weight excluding hydrogens is 366 g/mol. The summed E-state index contributed by atoms with van der Waals surface area (Å²) >= 11 is 0. The molecule has 2 aromatic heterocycles. The predicted molar refractivity (Wildman–Crippen MR) is 107 cm³/mol. The highest BCUT2D eigenvalue weighted by atomic mass is 16.5.